The monoisotopic (exact) mass is 185 g/mol. The smallest absolute Gasteiger partial charge is 0.407 e. The van der Waals surface area contributed by atoms with Crippen LogP contribution in [0.25, 0.3) is 0 Å². The Balaban J connectivity index is 2.57. The SMILES string of the molecule is COC(=O)NC1(C=O)CCCCC1. The first kappa shape index (κ1) is 10.0. The summed E-state index contributed by atoms with van der Waals surface area (Å²) in [6, 6.07) is 0. The predicted molar refractivity (Wildman–Crippen MR) is 47.4 cm³/mol. The van der Waals surface area contributed by atoms with Crippen LogP contribution in [0.5, 0.6) is 0 Å². The Morgan fingerprint density at radius 2 is 2.00 bits per heavy atom. The maximum Gasteiger partial charge on any atom is 0.407 e. The standard InChI is InChI=1S/C9H15NO3/c1-13-8(12)10-9(7-11)5-3-2-4-6-9/h7H,2-6H2,1H3,(H,10,12). The van der Waals surface area contributed by atoms with E-state index in [9.17, 15) is 9.59 Å². The fourth-order valence-corrected chi connectivity index (χ4v) is 1.71. The van der Waals surface area contributed by atoms with Gasteiger partial charge in [-0.15, -0.1) is 0 Å². The molecule has 0 radical (unpaired) electrons. The number of hydrogen-bond acceptors (Lipinski definition) is 3. The van der Waals surface area contributed by atoms with Crippen LogP contribution in [-0.4, -0.2) is 25.0 Å². The van der Waals surface area contributed by atoms with Gasteiger partial charge in [0.05, 0.1) is 12.6 Å². The van der Waals surface area contributed by atoms with Crippen molar-refractivity contribution in [1.29, 1.82) is 0 Å². The molecule has 0 bridgehead atoms. The van der Waals surface area contributed by atoms with Crippen LogP contribution in [0, 0.1) is 0 Å². The molecule has 4 heteroatoms. The molecule has 0 saturated heterocycles. The third-order valence-corrected chi connectivity index (χ3v) is 2.51. The van der Waals surface area contributed by atoms with E-state index in [1.807, 2.05) is 0 Å². The lowest BCUT2D eigenvalue weighted by Crippen LogP contribution is -2.51. The summed E-state index contributed by atoms with van der Waals surface area (Å²) in [6.07, 6.45) is 4.89. The molecule has 0 unspecified atom stereocenters. The third kappa shape index (κ3) is 2.44. The maximum atomic E-state index is 11.0. The molecule has 0 heterocycles. The van der Waals surface area contributed by atoms with Crippen molar-refractivity contribution in [2.75, 3.05) is 7.11 Å². The molecular weight excluding hydrogens is 170 g/mol. The fraction of sp³-hybridized carbons (Fsp3) is 0.778. The second kappa shape index (κ2) is 4.25. The highest BCUT2D eigenvalue weighted by atomic mass is 16.5. The Morgan fingerprint density at radius 1 is 1.38 bits per heavy atom. The molecule has 1 aliphatic rings. The molecule has 1 fully saturated rings. The summed E-state index contributed by atoms with van der Waals surface area (Å²) < 4.78 is 4.47. The quantitative estimate of drug-likeness (QED) is 0.658. The van der Waals surface area contributed by atoms with Gasteiger partial charge in [-0.25, -0.2) is 4.79 Å². The fourth-order valence-electron chi connectivity index (χ4n) is 1.71. The van der Waals surface area contributed by atoms with Gasteiger partial charge < -0.3 is 14.8 Å². The summed E-state index contributed by atoms with van der Waals surface area (Å²) in [7, 11) is 1.30. The number of carbonyl (C=O) groups excluding carboxylic acids is 2. The number of rotatable bonds is 2. The predicted octanol–water partition coefficient (Wildman–Crippen LogP) is 1.24. The Kier molecular flexibility index (Phi) is 3.28. The van der Waals surface area contributed by atoms with Crippen LogP contribution >= 0.6 is 0 Å². The van der Waals surface area contributed by atoms with Crippen molar-refractivity contribution in [2.24, 2.45) is 0 Å². The molecule has 1 aliphatic carbocycles. The van der Waals surface area contributed by atoms with E-state index < -0.39 is 11.6 Å². The van der Waals surface area contributed by atoms with Gasteiger partial charge in [0.1, 0.15) is 6.29 Å². The summed E-state index contributed by atoms with van der Waals surface area (Å²) >= 11 is 0. The van der Waals surface area contributed by atoms with Gasteiger partial charge in [0.25, 0.3) is 0 Å². The van der Waals surface area contributed by atoms with E-state index in [2.05, 4.69) is 10.1 Å². The number of alkyl carbamates (subject to hydrolysis) is 1. The summed E-state index contributed by atoms with van der Waals surface area (Å²) in [6.45, 7) is 0. The first-order chi connectivity index (χ1) is 6.22. The number of carbonyl (C=O) groups is 2. The van der Waals surface area contributed by atoms with Crippen LogP contribution < -0.4 is 5.32 Å². The molecule has 1 N–H and O–H groups in total. The summed E-state index contributed by atoms with van der Waals surface area (Å²) in [5, 5.41) is 2.60. The molecule has 74 valence electrons. The van der Waals surface area contributed by atoms with Gasteiger partial charge in [0.2, 0.25) is 0 Å². The van der Waals surface area contributed by atoms with Crippen LogP contribution in [0.15, 0.2) is 0 Å². The minimum Gasteiger partial charge on any atom is -0.453 e. The molecule has 13 heavy (non-hydrogen) atoms. The van der Waals surface area contributed by atoms with Crippen molar-refractivity contribution in [1.82, 2.24) is 5.32 Å². The van der Waals surface area contributed by atoms with Crippen molar-refractivity contribution < 1.29 is 14.3 Å². The lowest BCUT2D eigenvalue weighted by Gasteiger charge is -2.32. The van der Waals surface area contributed by atoms with Gasteiger partial charge in [-0.3, -0.25) is 0 Å². The highest BCUT2D eigenvalue weighted by Gasteiger charge is 2.33. The highest BCUT2D eigenvalue weighted by Crippen LogP contribution is 2.26. The second-order valence-electron chi connectivity index (χ2n) is 3.45. The lowest BCUT2D eigenvalue weighted by molar-refractivity contribution is -0.114. The number of hydrogen-bond donors (Lipinski definition) is 1. The average Bonchev–Trinajstić information content (AvgIpc) is 2.19. The minimum absolute atomic E-state index is 0.519. The molecule has 0 aromatic heterocycles. The Bertz CT molecular complexity index is 197. The molecule has 4 nitrogen and oxygen atoms in total. The number of ether oxygens (including phenoxy) is 1. The van der Waals surface area contributed by atoms with E-state index in [0.29, 0.717) is 0 Å². The Labute approximate surface area is 77.6 Å². The zero-order chi connectivity index (χ0) is 9.73. The van der Waals surface area contributed by atoms with Crippen LogP contribution in [0.4, 0.5) is 4.79 Å². The van der Waals surface area contributed by atoms with Crippen LogP contribution in [0.1, 0.15) is 32.1 Å². The molecule has 0 atom stereocenters. The van der Waals surface area contributed by atoms with E-state index in [4.69, 9.17) is 0 Å². The normalized spacial score (nSPS) is 20.4. The number of amides is 1. The second-order valence-corrected chi connectivity index (χ2v) is 3.45. The van der Waals surface area contributed by atoms with Crippen molar-refractivity contribution >= 4 is 12.4 Å². The molecule has 1 saturated carbocycles. The Hall–Kier alpha value is -1.06. The van der Waals surface area contributed by atoms with Crippen molar-refractivity contribution in [3.8, 4) is 0 Å². The number of aldehydes is 1. The van der Waals surface area contributed by atoms with Crippen LogP contribution in [-0.2, 0) is 9.53 Å². The molecule has 1 rings (SSSR count). The zero-order valence-corrected chi connectivity index (χ0v) is 7.84. The molecule has 0 spiro atoms. The number of nitrogens with one attached hydrogen (secondary N) is 1. The van der Waals surface area contributed by atoms with E-state index in [1.54, 1.807) is 0 Å². The zero-order valence-electron chi connectivity index (χ0n) is 7.84. The summed E-state index contributed by atoms with van der Waals surface area (Å²) in [5.74, 6) is 0. The molecular formula is C9H15NO3. The van der Waals surface area contributed by atoms with Gasteiger partial charge in [-0.1, -0.05) is 19.3 Å². The lowest BCUT2D eigenvalue weighted by atomic mass is 9.83. The van der Waals surface area contributed by atoms with Gasteiger partial charge in [0.15, 0.2) is 0 Å². The van der Waals surface area contributed by atoms with Crippen molar-refractivity contribution in [2.45, 2.75) is 37.6 Å². The first-order valence-corrected chi connectivity index (χ1v) is 4.55. The molecule has 0 aromatic rings. The van der Waals surface area contributed by atoms with Crippen molar-refractivity contribution in [3.05, 3.63) is 0 Å². The molecule has 1 amide bonds. The summed E-state index contributed by atoms with van der Waals surface area (Å²) in [5.41, 5.74) is -0.661. The topological polar surface area (TPSA) is 55.4 Å². The largest absolute Gasteiger partial charge is 0.453 e. The van der Waals surface area contributed by atoms with Crippen LogP contribution in [0.2, 0.25) is 0 Å². The minimum atomic E-state index is -0.661. The molecule has 0 aromatic carbocycles. The first-order valence-electron chi connectivity index (χ1n) is 4.55. The molecule has 0 aliphatic heterocycles. The van der Waals surface area contributed by atoms with E-state index in [0.717, 1.165) is 38.4 Å². The van der Waals surface area contributed by atoms with Gasteiger partial charge in [-0.2, -0.15) is 0 Å². The van der Waals surface area contributed by atoms with Gasteiger partial charge >= 0.3 is 6.09 Å². The van der Waals surface area contributed by atoms with Gasteiger partial charge in [-0.05, 0) is 12.8 Å². The Morgan fingerprint density at radius 3 is 2.46 bits per heavy atom. The maximum absolute atomic E-state index is 11.0. The average molecular weight is 185 g/mol. The van der Waals surface area contributed by atoms with Crippen molar-refractivity contribution in [3.63, 3.8) is 0 Å². The highest BCUT2D eigenvalue weighted by molar-refractivity contribution is 5.76. The van der Waals surface area contributed by atoms with E-state index in [-0.39, 0.29) is 0 Å². The summed E-state index contributed by atoms with van der Waals surface area (Å²) in [4.78, 5) is 21.8. The van der Waals surface area contributed by atoms with Gasteiger partial charge in [0, 0.05) is 0 Å². The van der Waals surface area contributed by atoms with Crippen LogP contribution in [0.3, 0.4) is 0 Å². The van der Waals surface area contributed by atoms with E-state index >= 15 is 0 Å². The third-order valence-electron chi connectivity index (χ3n) is 2.51. The van der Waals surface area contributed by atoms with E-state index in [1.165, 1.54) is 7.11 Å². The number of methoxy groups -OCH3 is 1.